The van der Waals surface area contributed by atoms with Crippen molar-refractivity contribution >= 4 is 39.0 Å². The average Bonchev–Trinajstić information content (AvgIpc) is 3.26. The normalized spacial score (nSPS) is 20.2. The Labute approximate surface area is 156 Å². The van der Waals surface area contributed by atoms with Gasteiger partial charge < -0.3 is 15.0 Å². The maximum atomic E-state index is 6.23. The molecule has 0 saturated carbocycles. The second-order valence-corrected chi connectivity index (χ2v) is 8.69. The lowest BCUT2D eigenvalue weighted by Crippen LogP contribution is -2.82. The van der Waals surface area contributed by atoms with Crippen LogP contribution >= 0.6 is 23.1 Å². The van der Waals surface area contributed by atoms with Crippen LogP contribution < -0.4 is 10.2 Å². The molecule has 0 radical (unpaired) electrons. The first kappa shape index (κ1) is 16.8. The number of para-hydroxylation sites is 1. The molecule has 130 valence electrons. The van der Waals surface area contributed by atoms with Crippen LogP contribution in [0.5, 0.6) is 0 Å². The fraction of sp³-hybridized carbons (Fsp3) is 0.316. The monoisotopic (exact) mass is 372 g/mol. The first-order chi connectivity index (χ1) is 12.2. The third kappa shape index (κ3) is 3.82. The van der Waals surface area contributed by atoms with Crippen LogP contribution in [0.1, 0.15) is 11.8 Å². The van der Waals surface area contributed by atoms with E-state index < -0.39 is 0 Å². The van der Waals surface area contributed by atoms with Crippen molar-refractivity contribution in [2.75, 3.05) is 31.3 Å². The van der Waals surface area contributed by atoms with E-state index in [-0.39, 0.29) is 12.3 Å². The lowest BCUT2D eigenvalue weighted by atomic mass is 10.2. The highest BCUT2D eigenvalue weighted by atomic mass is 32.2. The van der Waals surface area contributed by atoms with Crippen molar-refractivity contribution in [3.05, 3.63) is 54.1 Å². The lowest BCUT2D eigenvalue weighted by Gasteiger charge is -2.14. The van der Waals surface area contributed by atoms with Gasteiger partial charge in [0.15, 0.2) is 4.34 Å². The molecule has 4 rings (SSSR count). The van der Waals surface area contributed by atoms with E-state index in [0.717, 1.165) is 22.2 Å². The maximum absolute atomic E-state index is 6.23. The van der Waals surface area contributed by atoms with Gasteiger partial charge in [-0.15, -0.1) is 11.3 Å². The number of nitrogens with two attached hydrogens (primary N) is 1. The van der Waals surface area contributed by atoms with Crippen molar-refractivity contribution in [1.29, 1.82) is 0 Å². The number of hydrogen-bond donors (Lipinski definition) is 1. The Morgan fingerprint density at radius 1 is 1.20 bits per heavy atom. The van der Waals surface area contributed by atoms with Crippen molar-refractivity contribution in [2.45, 2.75) is 16.7 Å². The molecule has 1 saturated heterocycles. The highest BCUT2D eigenvalue weighted by Crippen LogP contribution is 2.30. The summed E-state index contributed by atoms with van der Waals surface area (Å²) in [7, 11) is 4.12. The van der Waals surface area contributed by atoms with Crippen LogP contribution in [-0.2, 0) is 4.74 Å². The summed E-state index contributed by atoms with van der Waals surface area (Å²) in [4.78, 5) is 6.80. The standard InChI is InChI=1S/C19H21N3OS2/c1-22(2)14-9-7-13(8-10-14)18-20-11-15(23-18)12-24-19-21-16-5-3-4-6-17(16)25-19/h3-10,15,18,20H,11-12H2,1-2H3/p+1/t15-,18+/m0/s1. The van der Waals surface area contributed by atoms with Crippen molar-refractivity contribution in [2.24, 2.45) is 0 Å². The molecule has 2 heterocycles. The minimum absolute atomic E-state index is 0.108. The highest BCUT2D eigenvalue weighted by Gasteiger charge is 2.30. The van der Waals surface area contributed by atoms with Gasteiger partial charge >= 0.3 is 0 Å². The molecular weight excluding hydrogens is 350 g/mol. The Bertz CT molecular complexity index is 814. The largest absolute Gasteiger partial charge is 0.378 e. The molecule has 0 spiro atoms. The van der Waals surface area contributed by atoms with Gasteiger partial charge in [0.25, 0.3) is 0 Å². The van der Waals surface area contributed by atoms with E-state index in [4.69, 9.17) is 4.74 Å². The summed E-state index contributed by atoms with van der Waals surface area (Å²) in [6.45, 7) is 0.998. The minimum Gasteiger partial charge on any atom is -0.378 e. The van der Waals surface area contributed by atoms with Crippen LogP contribution in [0.25, 0.3) is 10.2 Å². The number of ether oxygens (including phenoxy) is 1. The van der Waals surface area contributed by atoms with E-state index in [1.54, 1.807) is 23.1 Å². The number of hydrogen-bond acceptors (Lipinski definition) is 5. The molecular formula is C19H22N3OS2+. The zero-order chi connectivity index (χ0) is 17.2. The zero-order valence-electron chi connectivity index (χ0n) is 14.4. The van der Waals surface area contributed by atoms with Gasteiger partial charge in [-0.05, 0) is 36.4 Å². The molecule has 1 aliphatic heterocycles. The summed E-state index contributed by atoms with van der Waals surface area (Å²) in [5, 5.41) is 2.29. The number of thiazole rings is 1. The van der Waals surface area contributed by atoms with Gasteiger partial charge in [-0.25, -0.2) is 4.98 Å². The number of benzene rings is 2. The van der Waals surface area contributed by atoms with Crippen LogP contribution in [-0.4, -0.2) is 37.5 Å². The predicted octanol–water partition coefficient (Wildman–Crippen LogP) is 3.12. The molecule has 3 aromatic rings. The van der Waals surface area contributed by atoms with Crippen molar-refractivity contribution in [3.63, 3.8) is 0 Å². The smallest absolute Gasteiger partial charge is 0.217 e. The summed E-state index contributed by atoms with van der Waals surface area (Å²) in [6, 6.07) is 16.9. The quantitative estimate of drug-likeness (QED) is 0.699. The Balaban J connectivity index is 1.34. The number of fused-ring (bicyclic) bond motifs is 1. The molecule has 0 amide bonds. The number of quaternary nitrogens is 1. The molecule has 1 fully saturated rings. The number of nitrogens with zero attached hydrogens (tertiary/aromatic N) is 2. The summed E-state index contributed by atoms with van der Waals surface area (Å²) in [6.07, 6.45) is 0.368. The summed E-state index contributed by atoms with van der Waals surface area (Å²) >= 11 is 3.57. The number of aromatic nitrogens is 1. The SMILES string of the molecule is CN(C)c1ccc([C@@H]2[NH2+]C[C@@H](CSc3nc4ccccc4s3)O2)cc1. The van der Waals surface area contributed by atoms with Crippen molar-refractivity contribution in [3.8, 4) is 0 Å². The fourth-order valence-electron chi connectivity index (χ4n) is 2.95. The second kappa shape index (κ2) is 7.33. The fourth-order valence-corrected chi connectivity index (χ4v) is 5.07. The number of anilines is 1. The van der Waals surface area contributed by atoms with E-state index >= 15 is 0 Å². The van der Waals surface area contributed by atoms with E-state index in [0.29, 0.717) is 0 Å². The number of rotatable bonds is 5. The van der Waals surface area contributed by atoms with Gasteiger partial charge in [0.1, 0.15) is 12.6 Å². The van der Waals surface area contributed by atoms with E-state index in [1.807, 2.05) is 6.07 Å². The zero-order valence-corrected chi connectivity index (χ0v) is 16.0. The molecule has 0 aliphatic carbocycles. The molecule has 4 nitrogen and oxygen atoms in total. The van der Waals surface area contributed by atoms with E-state index in [1.165, 1.54) is 16.0 Å². The van der Waals surface area contributed by atoms with Gasteiger partial charge in [-0.3, -0.25) is 0 Å². The first-order valence-corrected chi connectivity index (χ1v) is 10.2. The summed E-state index contributed by atoms with van der Waals surface area (Å²) < 4.78 is 8.61. The average molecular weight is 373 g/mol. The molecule has 2 N–H and O–H groups in total. The summed E-state index contributed by atoms with van der Waals surface area (Å²) in [5.74, 6) is 0.947. The van der Waals surface area contributed by atoms with Crippen LogP contribution in [0.2, 0.25) is 0 Å². The van der Waals surface area contributed by atoms with Gasteiger partial charge in [-0.1, -0.05) is 23.9 Å². The molecule has 0 unspecified atom stereocenters. The molecule has 1 aliphatic rings. The predicted molar refractivity (Wildman–Crippen MR) is 106 cm³/mol. The van der Waals surface area contributed by atoms with E-state index in [9.17, 15) is 0 Å². The molecule has 6 heteroatoms. The van der Waals surface area contributed by atoms with E-state index in [2.05, 4.69) is 71.8 Å². The maximum Gasteiger partial charge on any atom is 0.217 e. The third-order valence-corrected chi connectivity index (χ3v) is 6.67. The Kier molecular flexibility index (Phi) is 4.94. The molecule has 0 bridgehead atoms. The van der Waals surface area contributed by atoms with Crippen LogP contribution in [0.4, 0.5) is 5.69 Å². The third-order valence-electron chi connectivity index (χ3n) is 4.36. The molecule has 1 aromatic heterocycles. The van der Waals surface area contributed by atoms with Crippen molar-refractivity contribution in [1.82, 2.24) is 4.98 Å². The highest BCUT2D eigenvalue weighted by molar-refractivity contribution is 8.01. The summed E-state index contributed by atoms with van der Waals surface area (Å²) in [5.41, 5.74) is 3.54. The van der Waals surface area contributed by atoms with Gasteiger partial charge in [0.2, 0.25) is 6.23 Å². The Morgan fingerprint density at radius 3 is 2.76 bits per heavy atom. The topological polar surface area (TPSA) is 42.0 Å². The van der Waals surface area contributed by atoms with Gasteiger partial charge in [0, 0.05) is 31.1 Å². The van der Waals surface area contributed by atoms with Crippen LogP contribution in [0, 0.1) is 0 Å². The molecule has 2 aromatic carbocycles. The first-order valence-electron chi connectivity index (χ1n) is 8.43. The Hall–Kier alpha value is -1.60. The lowest BCUT2D eigenvalue weighted by molar-refractivity contribution is -0.697. The molecule has 25 heavy (non-hydrogen) atoms. The van der Waals surface area contributed by atoms with Crippen LogP contribution in [0.3, 0.4) is 0 Å². The van der Waals surface area contributed by atoms with Crippen molar-refractivity contribution < 1.29 is 10.1 Å². The Morgan fingerprint density at radius 2 is 2.00 bits per heavy atom. The number of thioether (sulfide) groups is 1. The minimum atomic E-state index is 0.108. The van der Waals surface area contributed by atoms with Crippen LogP contribution in [0.15, 0.2) is 52.9 Å². The van der Waals surface area contributed by atoms with Gasteiger partial charge in [-0.2, -0.15) is 0 Å². The second-order valence-electron chi connectivity index (χ2n) is 6.39. The van der Waals surface area contributed by atoms with Gasteiger partial charge in [0.05, 0.1) is 10.2 Å². The molecule has 2 atom stereocenters.